The highest BCUT2D eigenvalue weighted by atomic mass is 32.1. The van der Waals surface area contributed by atoms with Gasteiger partial charge in [-0.15, -0.1) is 11.3 Å². The molecular formula is C8H14N2S. The van der Waals surface area contributed by atoms with Crippen LogP contribution in [0.25, 0.3) is 0 Å². The minimum atomic E-state index is 0.977. The number of aromatic nitrogens is 1. The molecule has 0 aliphatic carbocycles. The maximum atomic E-state index is 4.00. The molecule has 11 heavy (non-hydrogen) atoms. The molecule has 0 fully saturated rings. The summed E-state index contributed by atoms with van der Waals surface area (Å²) >= 11 is 1.71. The molecule has 0 radical (unpaired) electrons. The fraction of sp³-hybridized carbons (Fsp3) is 0.625. The highest BCUT2D eigenvalue weighted by Crippen LogP contribution is 2.03. The molecule has 62 valence electrons. The van der Waals surface area contributed by atoms with Gasteiger partial charge in [0.1, 0.15) is 0 Å². The van der Waals surface area contributed by atoms with Crippen LogP contribution in [0, 0.1) is 0 Å². The lowest BCUT2D eigenvalue weighted by Gasteiger charge is -1.99. The number of unbranched alkanes of at least 4 members (excludes halogenated alkanes) is 1. The predicted molar refractivity (Wildman–Crippen MR) is 48.7 cm³/mol. The first-order chi connectivity index (χ1) is 5.43. The molecule has 3 heteroatoms. The van der Waals surface area contributed by atoms with E-state index >= 15 is 0 Å². The summed E-state index contributed by atoms with van der Waals surface area (Å²) < 4.78 is 0. The molecule has 0 saturated carbocycles. The summed E-state index contributed by atoms with van der Waals surface area (Å²) in [6.45, 7) is 4.30. The van der Waals surface area contributed by atoms with Gasteiger partial charge >= 0.3 is 0 Å². The second-order valence-corrected chi connectivity index (χ2v) is 3.47. The normalized spacial score (nSPS) is 10.3. The lowest BCUT2D eigenvalue weighted by atomic mass is 10.3. The first kappa shape index (κ1) is 8.68. The zero-order valence-corrected chi connectivity index (χ0v) is 7.66. The first-order valence-electron chi connectivity index (χ1n) is 4.01. The van der Waals surface area contributed by atoms with Crippen molar-refractivity contribution >= 4 is 11.3 Å². The van der Waals surface area contributed by atoms with Crippen LogP contribution in [-0.2, 0) is 6.54 Å². The Kier molecular flexibility index (Phi) is 4.16. The molecule has 0 bridgehead atoms. The van der Waals surface area contributed by atoms with Gasteiger partial charge in [-0.1, -0.05) is 13.3 Å². The highest BCUT2D eigenvalue weighted by molar-refractivity contribution is 7.09. The van der Waals surface area contributed by atoms with Crippen molar-refractivity contribution in [3.05, 3.63) is 16.6 Å². The zero-order valence-electron chi connectivity index (χ0n) is 6.84. The Morgan fingerprint density at radius 1 is 1.64 bits per heavy atom. The molecule has 0 aliphatic heterocycles. The summed E-state index contributed by atoms with van der Waals surface area (Å²) in [5.74, 6) is 0. The van der Waals surface area contributed by atoms with E-state index in [2.05, 4.69) is 17.2 Å². The molecule has 1 N–H and O–H groups in total. The van der Waals surface area contributed by atoms with Gasteiger partial charge in [0.2, 0.25) is 0 Å². The van der Waals surface area contributed by atoms with E-state index in [1.165, 1.54) is 17.7 Å². The topological polar surface area (TPSA) is 24.9 Å². The third-order valence-corrected chi connectivity index (χ3v) is 2.27. The standard InChI is InChI=1S/C8H14N2S/c1-2-3-4-9-5-8-6-10-7-11-8/h6-7,9H,2-5H2,1H3. The van der Waals surface area contributed by atoms with E-state index in [1.54, 1.807) is 11.3 Å². The second-order valence-electron chi connectivity index (χ2n) is 2.50. The smallest absolute Gasteiger partial charge is 0.0794 e. The summed E-state index contributed by atoms with van der Waals surface area (Å²) in [6.07, 6.45) is 4.44. The highest BCUT2D eigenvalue weighted by Gasteiger charge is 1.91. The quantitative estimate of drug-likeness (QED) is 0.684. The second kappa shape index (κ2) is 5.27. The maximum Gasteiger partial charge on any atom is 0.0794 e. The van der Waals surface area contributed by atoms with Crippen LogP contribution in [0.15, 0.2) is 11.7 Å². The summed E-state index contributed by atoms with van der Waals surface area (Å²) in [4.78, 5) is 5.32. The van der Waals surface area contributed by atoms with Crippen molar-refractivity contribution in [1.82, 2.24) is 10.3 Å². The van der Waals surface area contributed by atoms with Gasteiger partial charge in [0.25, 0.3) is 0 Å². The lowest BCUT2D eigenvalue weighted by Crippen LogP contribution is -2.13. The first-order valence-corrected chi connectivity index (χ1v) is 4.89. The minimum absolute atomic E-state index is 0.977. The Bertz CT molecular complexity index is 172. The van der Waals surface area contributed by atoms with Crippen molar-refractivity contribution in [3.63, 3.8) is 0 Å². The molecule has 0 saturated heterocycles. The Morgan fingerprint density at radius 3 is 3.18 bits per heavy atom. The molecule has 1 rings (SSSR count). The van der Waals surface area contributed by atoms with Crippen molar-refractivity contribution in [1.29, 1.82) is 0 Å². The third-order valence-electron chi connectivity index (χ3n) is 1.49. The zero-order chi connectivity index (χ0) is 7.94. The number of hydrogen-bond donors (Lipinski definition) is 1. The van der Waals surface area contributed by atoms with Crippen LogP contribution in [0.4, 0.5) is 0 Å². The molecule has 1 aromatic heterocycles. The lowest BCUT2D eigenvalue weighted by molar-refractivity contribution is 0.645. The average molecular weight is 170 g/mol. The van der Waals surface area contributed by atoms with E-state index in [0.717, 1.165) is 13.1 Å². The molecule has 0 amide bonds. The fourth-order valence-corrected chi connectivity index (χ4v) is 1.41. The van der Waals surface area contributed by atoms with Gasteiger partial charge in [-0.3, -0.25) is 4.98 Å². The number of hydrogen-bond acceptors (Lipinski definition) is 3. The fourth-order valence-electron chi connectivity index (χ4n) is 0.843. The number of rotatable bonds is 5. The third kappa shape index (κ3) is 3.49. The van der Waals surface area contributed by atoms with Crippen LogP contribution in [-0.4, -0.2) is 11.5 Å². The van der Waals surface area contributed by atoms with E-state index in [1.807, 2.05) is 11.7 Å². The van der Waals surface area contributed by atoms with Crippen molar-refractivity contribution in [2.24, 2.45) is 0 Å². The van der Waals surface area contributed by atoms with Crippen LogP contribution in [0.5, 0.6) is 0 Å². The summed E-state index contributed by atoms with van der Waals surface area (Å²) in [6, 6.07) is 0. The Morgan fingerprint density at radius 2 is 2.55 bits per heavy atom. The van der Waals surface area contributed by atoms with Gasteiger partial charge in [-0.05, 0) is 13.0 Å². The van der Waals surface area contributed by atoms with E-state index < -0.39 is 0 Å². The Hall–Kier alpha value is -0.410. The predicted octanol–water partition coefficient (Wildman–Crippen LogP) is 2.03. The molecule has 1 heterocycles. The van der Waals surface area contributed by atoms with Gasteiger partial charge < -0.3 is 5.32 Å². The van der Waals surface area contributed by atoms with Crippen molar-refractivity contribution in [3.8, 4) is 0 Å². The number of thiazole rings is 1. The average Bonchev–Trinajstić information content (AvgIpc) is 2.50. The van der Waals surface area contributed by atoms with Gasteiger partial charge in [-0.2, -0.15) is 0 Å². The molecule has 0 spiro atoms. The number of nitrogens with zero attached hydrogens (tertiary/aromatic N) is 1. The maximum absolute atomic E-state index is 4.00. The molecule has 2 nitrogen and oxygen atoms in total. The van der Waals surface area contributed by atoms with Gasteiger partial charge in [-0.25, -0.2) is 0 Å². The molecule has 0 aromatic carbocycles. The van der Waals surface area contributed by atoms with Crippen molar-refractivity contribution in [2.45, 2.75) is 26.3 Å². The number of nitrogens with one attached hydrogen (secondary N) is 1. The minimum Gasteiger partial charge on any atom is -0.312 e. The summed E-state index contributed by atoms with van der Waals surface area (Å²) in [7, 11) is 0. The van der Waals surface area contributed by atoms with Gasteiger partial charge in [0.15, 0.2) is 0 Å². The molecular weight excluding hydrogens is 156 g/mol. The monoisotopic (exact) mass is 170 g/mol. The van der Waals surface area contributed by atoms with Crippen LogP contribution in [0.3, 0.4) is 0 Å². The largest absolute Gasteiger partial charge is 0.312 e. The van der Waals surface area contributed by atoms with Gasteiger partial charge in [0.05, 0.1) is 5.51 Å². The Balaban J connectivity index is 2.04. The van der Waals surface area contributed by atoms with E-state index in [9.17, 15) is 0 Å². The van der Waals surface area contributed by atoms with Gasteiger partial charge in [0, 0.05) is 17.6 Å². The molecule has 0 unspecified atom stereocenters. The van der Waals surface area contributed by atoms with Crippen LogP contribution in [0.1, 0.15) is 24.6 Å². The van der Waals surface area contributed by atoms with E-state index in [-0.39, 0.29) is 0 Å². The summed E-state index contributed by atoms with van der Waals surface area (Å²) in [5, 5.41) is 3.36. The van der Waals surface area contributed by atoms with Crippen LogP contribution >= 0.6 is 11.3 Å². The molecule has 1 aromatic rings. The van der Waals surface area contributed by atoms with Crippen molar-refractivity contribution < 1.29 is 0 Å². The SMILES string of the molecule is CCCCNCc1cncs1. The molecule has 0 aliphatic rings. The molecule has 0 atom stereocenters. The van der Waals surface area contributed by atoms with E-state index in [0.29, 0.717) is 0 Å². The van der Waals surface area contributed by atoms with Crippen LogP contribution in [0.2, 0.25) is 0 Å². The summed E-state index contributed by atoms with van der Waals surface area (Å²) in [5.41, 5.74) is 1.87. The van der Waals surface area contributed by atoms with E-state index in [4.69, 9.17) is 0 Å². The van der Waals surface area contributed by atoms with Crippen LogP contribution < -0.4 is 5.32 Å². The Labute approximate surface area is 71.7 Å². The van der Waals surface area contributed by atoms with Crippen molar-refractivity contribution in [2.75, 3.05) is 6.54 Å².